The maximum Gasteiger partial charge on any atom is 0.338 e. The molecule has 1 saturated heterocycles. The Kier molecular flexibility index (Phi) is 5.60. The summed E-state index contributed by atoms with van der Waals surface area (Å²) in [6.45, 7) is 1.44. The molecule has 1 aliphatic heterocycles. The molecule has 0 saturated carbocycles. The minimum atomic E-state index is -1.10. The summed E-state index contributed by atoms with van der Waals surface area (Å²) in [5.41, 5.74) is -0.0161. The summed E-state index contributed by atoms with van der Waals surface area (Å²) in [4.78, 5) is 24.8. The van der Waals surface area contributed by atoms with Gasteiger partial charge in [-0.25, -0.2) is 13.6 Å². The topological polar surface area (TPSA) is 81.9 Å². The van der Waals surface area contributed by atoms with Crippen LogP contribution in [0.25, 0.3) is 0 Å². The third-order valence-corrected chi connectivity index (χ3v) is 4.15. The van der Waals surface area contributed by atoms with Gasteiger partial charge in [-0.1, -0.05) is 12.1 Å². The van der Waals surface area contributed by atoms with Gasteiger partial charge in [0.05, 0.1) is 23.7 Å². The quantitative estimate of drug-likeness (QED) is 0.452. The Hall–Kier alpha value is -3.07. The summed E-state index contributed by atoms with van der Waals surface area (Å²) in [7, 11) is 0. The van der Waals surface area contributed by atoms with Gasteiger partial charge < -0.3 is 14.4 Å². The number of nitro benzene ring substituents is 1. The number of halogens is 2. The number of esters is 1. The standard InChI is InChI=1S/C18H16F2N2O5/c19-14-3-1-2-13(17(14)20)11-27-18(23)12-4-5-15(16(10-12)22(24)25)21-6-8-26-9-7-21/h1-5,10H,6-9,11H2. The molecule has 142 valence electrons. The number of anilines is 1. The summed E-state index contributed by atoms with van der Waals surface area (Å²) in [5, 5.41) is 11.4. The van der Waals surface area contributed by atoms with Crippen LogP contribution >= 0.6 is 0 Å². The van der Waals surface area contributed by atoms with Crippen molar-refractivity contribution in [3.63, 3.8) is 0 Å². The Morgan fingerprint density at radius 2 is 1.96 bits per heavy atom. The molecule has 1 heterocycles. The van der Waals surface area contributed by atoms with Crippen LogP contribution < -0.4 is 4.90 Å². The van der Waals surface area contributed by atoms with E-state index in [-0.39, 0.29) is 16.8 Å². The highest BCUT2D eigenvalue weighted by atomic mass is 19.2. The van der Waals surface area contributed by atoms with E-state index in [4.69, 9.17) is 9.47 Å². The number of carbonyl (C=O) groups is 1. The Morgan fingerprint density at radius 1 is 1.22 bits per heavy atom. The normalized spacial score (nSPS) is 14.1. The van der Waals surface area contributed by atoms with Crippen molar-refractivity contribution in [3.05, 3.63) is 69.3 Å². The summed E-state index contributed by atoms with van der Waals surface area (Å²) in [5.74, 6) is -3.01. The predicted molar refractivity (Wildman–Crippen MR) is 91.6 cm³/mol. The zero-order chi connectivity index (χ0) is 19.4. The fourth-order valence-electron chi connectivity index (χ4n) is 2.75. The Bertz CT molecular complexity index is 869. The molecule has 0 N–H and O–H groups in total. The molecule has 0 amide bonds. The lowest BCUT2D eigenvalue weighted by Gasteiger charge is -2.28. The van der Waals surface area contributed by atoms with Crippen LogP contribution in [0.1, 0.15) is 15.9 Å². The third-order valence-electron chi connectivity index (χ3n) is 4.15. The van der Waals surface area contributed by atoms with Gasteiger partial charge in [0.1, 0.15) is 12.3 Å². The van der Waals surface area contributed by atoms with E-state index >= 15 is 0 Å². The van der Waals surface area contributed by atoms with Gasteiger partial charge in [-0.15, -0.1) is 0 Å². The van der Waals surface area contributed by atoms with Crippen molar-refractivity contribution in [1.29, 1.82) is 0 Å². The highest BCUT2D eigenvalue weighted by molar-refractivity contribution is 5.91. The Labute approximate surface area is 153 Å². The summed E-state index contributed by atoms with van der Waals surface area (Å²) in [6.07, 6.45) is 0. The van der Waals surface area contributed by atoms with Crippen LogP contribution in [0.3, 0.4) is 0 Å². The number of benzene rings is 2. The molecule has 2 aromatic rings. The lowest BCUT2D eigenvalue weighted by molar-refractivity contribution is -0.384. The number of ether oxygens (including phenoxy) is 2. The minimum absolute atomic E-state index is 0.0458. The van der Waals surface area contributed by atoms with E-state index in [1.54, 1.807) is 4.90 Å². The molecule has 0 atom stereocenters. The lowest BCUT2D eigenvalue weighted by Crippen LogP contribution is -2.36. The average molecular weight is 378 g/mol. The summed E-state index contributed by atoms with van der Waals surface area (Å²) < 4.78 is 37.0. The predicted octanol–water partition coefficient (Wildman–Crippen LogP) is 3.07. The first kappa shape index (κ1) is 18.7. The van der Waals surface area contributed by atoms with Crippen molar-refractivity contribution in [2.75, 3.05) is 31.2 Å². The number of hydrogen-bond acceptors (Lipinski definition) is 6. The molecule has 0 aliphatic carbocycles. The summed E-state index contributed by atoms with van der Waals surface area (Å²) in [6, 6.07) is 7.54. The van der Waals surface area contributed by atoms with Crippen LogP contribution in [0.15, 0.2) is 36.4 Å². The fraction of sp³-hybridized carbons (Fsp3) is 0.278. The molecule has 0 radical (unpaired) electrons. The van der Waals surface area contributed by atoms with E-state index in [0.29, 0.717) is 32.0 Å². The van der Waals surface area contributed by atoms with E-state index in [2.05, 4.69) is 0 Å². The molecule has 7 nitrogen and oxygen atoms in total. The summed E-state index contributed by atoms with van der Waals surface area (Å²) >= 11 is 0. The minimum Gasteiger partial charge on any atom is -0.457 e. The maximum absolute atomic E-state index is 13.6. The first-order chi connectivity index (χ1) is 13.0. The maximum atomic E-state index is 13.6. The van der Waals surface area contributed by atoms with Crippen molar-refractivity contribution in [2.24, 2.45) is 0 Å². The molecule has 1 aliphatic rings. The molecule has 2 aromatic carbocycles. The van der Waals surface area contributed by atoms with E-state index in [9.17, 15) is 23.7 Å². The van der Waals surface area contributed by atoms with Gasteiger partial charge in [-0.2, -0.15) is 0 Å². The smallest absolute Gasteiger partial charge is 0.338 e. The number of nitrogens with zero attached hydrogens (tertiary/aromatic N) is 2. The molecule has 9 heteroatoms. The van der Waals surface area contributed by atoms with Crippen molar-refractivity contribution >= 4 is 17.3 Å². The largest absolute Gasteiger partial charge is 0.457 e. The fourth-order valence-corrected chi connectivity index (χ4v) is 2.75. The molecular weight excluding hydrogens is 362 g/mol. The molecule has 0 aromatic heterocycles. The van der Waals surface area contributed by atoms with Crippen molar-refractivity contribution in [1.82, 2.24) is 0 Å². The van der Waals surface area contributed by atoms with Crippen molar-refractivity contribution in [2.45, 2.75) is 6.61 Å². The molecule has 1 fully saturated rings. The van der Waals surface area contributed by atoms with Gasteiger partial charge in [-0.05, 0) is 18.2 Å². The van der Waals surface area contributed by atoms with E-state index in [0.717, 1.165) is 12.1 Å². The van der Waals surface area contributed by atoms with Crippen LogP contribution in [0, 0.1) is 21.7 Å². The number of nitro groups is 1. The van der Waals surface area contributed by atoms with Crippen molar-refractivity contribution < 1.29 is 28.0 Å². The van der Waals surface area contributed by atoms with Gasteiger partial charge in [0, 0.05) is 24.7 Å². The first-order valence-electron chi connectivity index (χ1n) is 8.18. The molecule has 0 unspecified atom stereocenters. The van der Waals surface area contributed by atoms with Gasteiger partial charge in [-0.3, -0.25) is 10.1 Å². The van der Waals surface area contributed by atoms with Crippen molar-refractivity contribution in [3.8, 4) is 0 Å². The highest BCUT2D eigenvalue weighted by Crippen LogP contribution is 2.30. The highest BCUT2D eigenvalue weighted by Gasteiger charge is 2.24. The van der Waals surface area contributed by atoms with E-state index in [1.807, 2.05) is 0 Å². The molecule has 0 spiro atoms. The third kappa shape index (κ3) is 4.20. The SMILES string of the molecule is O=C(OCc1cccc(F)c1F)c1ccc(N2CCOCC2)c([N+](=O)[O-])c1. The van der Waals surface area contributed by atoms with Crippen LogP contribution in [0.2, 0.25) is 0 Å². The Morgan fingerprint density at radius 3 is 2.67 bits per heavy atom. The van der Waals surface area contributed by atoms with E-state index < -0.39 is 29.1 Å². The van der Waals surface area contributed by atoms with Gasteiger partial charge in [0.2, 0.25) is 0 Å². The monoisotopic (exact) mass is 378 g/mol. The second-order valence-corrected chi connectivity index (χ2v) is 5.85. The van der Waals surface area contributed by atoms with Gasteiger partial charge in [0.25, 0.3) is 5.69 Å². The number of hydrogen-bond donors (Lipinski definition) is 0. The zero-order valence-corrected chi connectivity index (χ0v) is 14.2. The van der Waals surface area contributed by atoms with Crippen LogP contribution in [0.4, 0.5) is 20.2 Å². The molecule has 0 bridgehead atoms. The molecular formula is C18H16F2N2O5. The van der Waals surface area contributed by atoms with E-state index in [1.165, 1.54) is 24.3 Å². The van der Waals surface area contributed by atoms with Gasteiger partial charge in [0.15, 0.2) is 11.6 Å². The zero-order valence-electron chi connectivity index (χ0n) is 14.2. The van der Waals surface area contributed by atoms with Crippen LogP contribution in [-0.2, 0) is 16.1 Å². The Balaban J connectivity index is 1.77. The second kappa shape index (κ2) is 8.09. The lowest BCUT2D eigenvalue weighted by atomic mass is 10.1. The number of rotatable bonds is 5. The van der Waals surface area contributed by atoms with Crippen LogP contribution in [-0.4, -0.2) is 37.2 Å². The first-order valence-corrected chi connectivity index (χ1v) is 8.18. The molecule has 27 heavy (non-hydrogen) atoms. The average Bonchev–Trinajstić information content (AvgIpc) is 2.69. The number of morpholine rings is 1. The second-order valence-electron chi connectivity index (χ2n) is 5.85. The van der Waals surface area contributed by atoms with Gasteiger partial charge >= 0.3 is 5.97 Å². The van der Waals surface area contributed by atoms with Crippen LogP contribution in [0.5, 0.6) is 0 Å². The number of carbonyl (C=O) groups excluding carboxylic acids is 1. The molecule has 3 rings (SSSR count).